The average molecular weight is 379 g/mol. The number of amides is 1. The molecule has 2 aromatic heterocycles. The average Bonchev–Trinajstić information content (AvgIpc) is 3.26. The van der Waals surface area contributed by atoms with Crippen LogP contribution in [0.3, 0.4) is 0 Å². The van der Waals surface area contributed by atoms with Gasteiger partial charge >= 0.3 is 0 Å². The molecule has 1 aliphatic heterocycles. The van der Waals surface area contributed by atoms with Gasteiger partial charge in [0.1, 0.15) is 0 Å². The van der Waals surface area contributed by atoms with Gasteiger partial charge in [-0.3, -0.25) is 4.79 Å². The van der Waals surface area contributed by atoms with Crippen molar-refractivity contribution in [2.75, 3.05) is 31.1 Å². The predicted molar refractivity (Wildman–Crippen MR) is 112 cm³/mol. The Kier molecular flexibility index (Phi) is 3.91. The molecule has 3 heterocycles. The number of fused-ring (bicyclic) bond motifs is 3. The fraction of sp³-hybridized carbons (Fsp3) is 0.190. The molecule has 4 aromatic rings. The highest BCUT2D eigenvalue weighted by Gasteiger charge is 2.24. The smallest absolute Gasteiger partial charge is 0.264 e. The standard InChI is InChI=1S/C21H18N2OS2/c24-21(23-12-10-22(11-13-23)15-6-2-1-3-7-15)19-14-18-20(26-19)16-8-4-5-9-17(16)25-18/h1-9,14H,10-13H2. The van der Waals surface area contributed by atoms with Gasteiger partial charge < -0.3 is 9.80 Å². The third kappa shape index (κ3) is 2.68. The lowest BCUT2D eigenvalue weighted by atomic mass is 10.2. The molecule has 26 heavy (non-hydrogen) atoms. The van der Waals surface area contributed by atoms with Gasteiger partial charge in [0.15, 0.2) is 0 Å². The maximum Gasteiger partial charge on any atom is 0.264 e. The molecule has 0 saturated carbocycles. The van der Waals surface area contributed by atoms with Crippen molar-refractivity contribution in [3.8, 4) is 0 Å². The van der Waals surface area contributed by atoms with E-state index in [-0.39, 0.29) is 5.91 Å². The van der Waals surface area contributed by atoms with Gasteiger partial charge in [-0.25, -0.2) is 0 Å². The van der Waals surface area contributed by atoms with Crippen molar-refractivity contribution in [2.45, 2.75) is 0 Å². The fourth-order valence-corrected chi connectivity index (χ4v) is 6.06. The second-order valence-electron chi connectivity index (χ2n) is 6.52. The Bertz CT molecular complexity index is 1080. The predicted octanol–water partition coefficient (Wildman–Crippen LogP) is 5.08. The van der Waals surface area contributed by atoms with Gasteiger partial charge in [0.25, 0.3) is 5.91 Å². The summed E-state index contributed by atoms with van der Waals surface area (Å²) in [5.41, 5.74) is 1.24. The van der Waals surface area contributed by atoms with Gasteiger partial charge in [-0.15, -0.1) is 22.7 Å². The SMILES string of the molecule is O=C(c1cc2sc3ccccc3c2s1)N1CCN(c2ccccc2)CC1. The Labute approximate surface area is 160 Å². The minimum absolute atomic E-state index is 0.176. The van der Waals surface area contributed by atoms with Crippen molar-refractivity contribution in [3.63, 3.8) is 0 Å². The first-order valence-electron chi connectivity index (χ1n) is 8.80. The van der Waals surface area contributed by atoms with Gasteiger partial charge in [-0.2, -0.15) is 0 Å². The molecule has 5 rings (SSSR count). The second-order valence-corrected chi connectivity index (χ2v) is 8.65. The topological polar surface area (TPSA) is 23.6 Å². The van der Waals surface area contributed by atoms with Crippen LogP contribution in [-0.4, -0.2) is 37.0 Å². The summed E-state index contributed by atoms with van der Waals surface area (Å²) in [7, 11) is 0. The van der Waals surface area contributed by atoms with Gasteiger partial charge in [0.2, 0.25) is 0 Å². The summed E-state index contributed by atoms with van der Waals surface area (Å²) in [5, 5.41) is 1.27. The van der Waals surface area contributed by atoms with E-state index in [9.17, 15) is 4.79 Å². The number of rotatable bonds is 2. The van der Waals surface area contributed by atoms with Crippen molar-refractivity contribution in [2.24, 2.45) is 0 Å². The van der Waals surface area contributed by atoms with E-state index < -0.39 is 0 Å². The summed E-state index contributed by atoms with van der Waals surface area (Å²) in [6.45, 7) is 3.33. The number of piperazine rings is 1. The molecule has 0 bridgehead atoms. The number of thiophene rings is 2. The number of benzene rings is 2. The molecular formula is C21H18N2OS2. The zero-order valence-electron chi connectivity index (χ0n) is 14.2. The van der Waals surface area contributed by atoms with Crippen LogP contribution in [0, 0.1) is 0 Å². The van der Waals surface area contributed by atoms with E-state index in [4.69, 9.17) is 0 Å². The lowest BCUT2D eigenvalue weighted by Gasteiger charge is -2.35. The van der Waals surface area contributed by atoms with Crippen LogP contribution >= 0.6 is 22.7 Å². The Morgan fingerprint density at radius 2 is 1.54 bits per heavy atom. The summed E-state index contributed by atoms with van der Waals surface area (Å²) < 4.78 is 3.77. The molecule has 1 aliphatic rings. The molecule has 0 unspecified atom stereocenters. The lowest BCUT2D eigenvalue weighted by Crippen LogP contribution is -2.48. The molecule has 0 aliphatic carbocycles. The minimum atomic E-state index is 0.176. The van der Waals surface area contributed by atoms with Crippen molar-refractivity contribution < 1.29 is 4.79 Å². The number of carbonyl (C=O) groups is 1. The van der Waals surface area contributed by atoms with Crippen LogP contribution < -0.4 is 4.90 Å². The van der Waals surface area contributed by atoms with E-state index in [0.717, 1.165) is 31.1 Å². The van der Waals surface area contributed by atoms with E-state index in [0.29, 0.717) is 0 Å². The highest BCUT2D eigenvalue weighted by molar-refractivity contribution is 7.33. The molecule has 1 fully saturated rings. The number of nitrogens with zero attached hydrogens (tertiary/aromatic N) is 2. The van der Waals surface area contributed by atoms with E-state index in [1.807, 2.05) is 11.0 Å². The van der Waals surface area contributed by atoms with Crippen molar-refractivity contribution >= 4 is 53.8 Å². The van der Waals surface area contributed by atoms with Crippen molar-refractivity contribution in [1.29, 1.82) is 0 Å². The molecule has 1 amide bonds. The van der Waals surface area contributed by atoms with Gasteiger partial charge in [0, 0.05) is 46.7 Å². The van der Waals surface area contributed by atoms with Gasteiger partial charge in [0.05, 0.1) is 9.58 Å². The first-order valence-corrected chi connectivity index (χ1v) is 10.4. The van der Waals surface area contributed by atoms with Crippen molar-refractivity contribution in [1.82, 2.24) is 4.90 Å². The lowest BCUT2D eigenvalue weighted by molar-refractivity contribution is 0.0752. The summed E-state index contributed by atoms with van der Waals surface area (Å²) in [4.78, 5) is 18.2. The monoisotopic (exact) mass is 378 g/mol. The highest BCUT2D eigenvalue weighted by Crippen LogP contribution is 2.39. The molecule has 0 atom stereocenters. The Morgan fingerprint density at radius 3 is 2.35 bits per heavy atom. The molecule has 0 N–H and O–H groups in total. The molecular weight excluding hydrogens is 360 g/mol. The van der Waals surface area contributed by atoms with Crippen LogP contribution in [-0.2, 0) is 0 Å². The van der Waals surface area contributed by atoms with Crippen LogP contribution in [0.2, 0.25) is 0 Å². The van der Waals surface area contributed by atoms with E-state index >= 15 is 0 Å². The zero-order valence-corrected chi connectivity index (χ0v) is 15.9. The van der Waals surface area contributed by atoms with Crippen LogP contribution in [0.5, 0.6) is 0 Å². The van der Waals surface area contributed by atoms with E-state index in [1.165, 1.54) is 25.2 Å². The molecule has 0 radical (unpaired) electrons. The third-order valence-electron chi connectivity index (χ3n) is 4.95. The Balaban J connectivity index is 1.35. The van der Waals surface area contributed by atoms with Crippen LogP contribution in [0.25, 0.3) is 19.5 Å². The van der Waals surface area contributed by atoms with E-state index in [2.05, 4.69) is 59.5 Å². The summed E-state index contributed by atoms with van der Waals surface area (Å²) in [5.74, 6) is 0.176. The number of carbonyl (C=O) groups excluding carboxylic acids is 1. The second kappa shape index (κ2) is 6.41. The molecule has 2 aromatic carbocycles. The number of anilines is 1. The number of hydrogen-bond donors (Lipinski definition) is 0. The first kappa shape index (κ1) is 15.9. The van der Waals surface area contributed by atoms with Gasteiger partial charge in [-0.05, 0) is 24.3 Å². The Morgan fingerprint density at radius 1 is 0.808 bits per heavy atom. The molecule has 5 heteroatoms. The highest BCUT2D eigenvalue weighted by atomic mass is 32.1. The molecule has 0 spiro atoms. The summed E-state index contributed by atoms with van der Waals surface area (Å²) in [6, 6.07) is 21.0. The van der Waals surface area contributed by atoms with Gasteiger partial charge in [-0.1, -0.05) is 36.4 Å². The van der Waals surface area contributed by atoms with Crippen LogP contribution in [0.4, 0.5) is 5.69 Å². The maximum atomic E-state index is 13.0. The van der Waals surface area contributed by atoms with E-state index in [1.54, 1.807) is 22.7 Å². The molecule has 3 nitrogen and oxygen atoms in total. The zero-order chi connectivity index (χ0) is 17.5. The molecule has 130 valence electrons. The first-order chi connectivity index (χ1) is 12.8. The summed E-state index contributed by atoms with van der Waals surface area (Å²) in [6.07, 6.45) is 0. The fourth-order valence-electron chi connectivity index (χ4n) is 3.57. The largest absolute Gasteiger partial charge is 0.368 e. The van der Waals surface area contributed by atoms with Crippen molar-refractivity contribution in [3.05, 3.63) is 65.5 Å². The normalized spacial score (nSPS) is 15.1. The number of hydrogen-bond acceptors (Lipinski definition) is 4. The maximum absolute atomic E-state index is 13.0. The minimum Gasteiger partial charge on any atom is -0.368 e. The number of para-hydroxylation sites is 1. The third-order valence-corrected chi connectivity index (χ3v) is 7.35. The molecule has 1 saturated heterocycles. The van der Waals surface area contributed by atoms with Crippen LogP contribution in [0.15, 0.2) is 60.7 Å². The Hall–Kier alpha value is -2.37. The quantitative estimate of drug-likeness (QED) is 0.486. The van der Waals surface area contributed by atoms with Crippen LogP contribution in [0.1, 0.15) is 9.67 Å². The summed E-state index contributed by atoms with van der Waals surface area (Å²) >= 11 is 3.41.